The zero-order valence-electron chi connectivity index (χ0n) is 15.5. The van der Waals surface area contributed by atoms with Crippen molar-refractivity contribution in [1.82, 2.24) is 9.71 Å². The van der Waals surface area contributed by atoms with Gasteiger partial charge in [0.1, 0.15) is 16.8 Å². The van der Waals surface area contributed by atoms with Crippen LogP contribution in [0.5, 0.6) is 0 Å². The minimum atomic E-state index is -3.71. The van der Waals surface area contributed by atoms with Gasteiger partial charge in [-0.3, -0.25) is 0 Å². The largest absolute Gasteiger partial charge is 0.368 e. The van der Waals surface area contributed by atoms with Gasteiger partial charge in [-0.2, -0.15) is 5.26 Å². The molecule has 0 saturated carbocycles. The first kappa shape index (κ1) is 20.1. The van der Waals surface area contributed by atoms with Crippen molar-refractivity contribution in [3.05, 3.63) is 64.2 Å². The Labute approximate surface area is 169 Å². The predicted octanol–water partition coefficient (Wildman–Crippen LogP) is 3.77. The van der Waals surface area contributed by atoms with E-state index in [9.17, 15) is 13.7 Å². The number of benzene rings is 2. The van der Waals surface area contributed by atoms with E-state index in [1.807, 2.05) is 26.0 Å². The third kappa shape index (κ3) is 4.25. The van der Waals surface area contributed by atoms with Gasteiger partial charge in [-0.15, -0.1) is 0 Å². The Bertz CT molecular complexity index is 1190. The maximum absolute atomic E-state index is 12.3. The van der Waals surface area contributed by atoms with E-state index < -0.39 is 10.0 Å². The summed E-state index contributed by atoms with van der Waals surface area (Å²) >= 11 is 5.96. The van der Waals surface area contributed by atoms with Crippen molar-refractivity contribution in [3.8, 4) is 6.07 Å². The van der Waals surface area contributed by atoms with Gasteiger partial charge in [0, 0.05) is 18.5 Å². The van der Waals surface area contributed by atoms with E-state index in [-0.39, 0.29) is 23.0 Å². The lowest BCUT2D eigenvalue weighted by Crippen LogP contribution is -2.29. The lowest BCUT2D eigenvalue weighted by Gasteiger charge is -2.12. The van der Waals surface area contributed by atoms with E-state index in [1.165, 1.54) is 12.1 Å². The van der Waals surface area contributed by atoms with Gasteiger partial charge in [-0.25, -0.2) is 18.1 Å². The Balaban J connectivity index is 1.74. The van der Waals surface area contributed by atoms with Crippen molar-refractivity contribution in [2.24, 2.45) is 0 Å². The number of nitrogens with zero attached hydrogens (tertiary/aromatic N) is 2. The zero-order valence-corrected chi connectivity index (χ0v) is 17.0. The number of sulfonamides is 1. The highest BCUT2D eigenvalue weighted by Crippen LogP contribution is 2.24. The van der Waals surface area contributed by atoms with Crippen molar-refractivity contribution < 1.29 is 8.42 Å². The molecule has 0 unspecified atom stereocenters. The summed E-state index contributed by atoms with van der Waals surface area (Å²) < 4.78 is 27.2. The molecule has 0 atom stereocenters. The Kier molecular flexibility index (Phi) is 5.84. The number of anilines is 1. The molecule has 2 N–H and O–H groups in total. The van der Waals surface area contributed by atoms with Crippen LogP contribution in [-0.2, 0) is 10.0 Å². The molecule has 3 rings (SSSR count). The van der Waals surface area contributed by atoms with Crippen LogP contribution in [0.1, 0.15) is 16.7 Å². The van der Waals surface area contributed by atoms with E-state index in [1.54, 1.807) is 18.2 Å². The van der Waals surface area contributed by atoms with Crippen LogP contribution in [0.3, 0.4) is 0 Å². The van der Waals surface area contributed by atoms with Crippen LogP contribution >= 0.6 is 11.6 Å². The summed E-state index contributed by atoms with van der Waals surface area (Å²) in [7, 11) is -3.71. The van der Waals surface area contributed by atoms with Crippen molar-refractivity contribution in [3.63, 3.8) is 0 Å². The average molecular weight is 415 g/mol. The summed E-state index contributed by atoms with van der Waals surface area (Å²) in [5, 5.41) is 13.5. The number of halogens is 1. The second-order valence-electron chi connectivity index (χ2n) is 6.40. The first-order valence-corrected chi connectivity index (χ1v) is 10.5. The van der Waals surface area contributed by atoms with Gasteiger partial charge in [0.05, 0.1) is 16.1 Å². The fourth-order valence-corrected chi connectivity index (χ4v) is 4.53. The van der Waals surface area contributed by atoms with Crippen molar-refractivity contribution in [1.29, 1.82) is 5.26 Å². The van der Waals surface area contributed by atoms with Gasteiger partial charge in [0.25, 0.3) is 0 Å². The van der Waals surface area contributed by atoms with Crippen LogP contribution in [0, 0.1) is 25.2 Å². The number of hydrogen-bond donors (Lipinski definition) is 2. The second-order valence-corrected chi connectivity index (χ2v) is 8.55. The number of fused-ring (bicyclic) bond motifs is 1. The highest BCUT2D eigenvalue weighted by Gasteiger charge is 2.16. The maximum Gasteiger partial charge on any atom is 0.242 e. The highest BCUT2D eigenvalue weighted by atomic mass is 35.5. The lowest BCUT2D eigenvalue weighted by molar-refractivity contribution is 0.583. The van der Waals surface area contributed by atoms with E-state index in [4.69, 9.17) is 11.6 Å². The predicted molar refractivity (Wildman–Crippen MR) is 111 cm³/mol. The van der Waals surface area contributed by atoms with Crippen LogP contribution in [0.4, 0.5) is 5.82 Å². The van der Waals surface area contributed by atoms with Crippen LogP contribution in [0.15, 0.2) is 47.4 Å². The smallest absolute Gasteiger partial charge is 0.242 e. The number of rotatable bonds is 6. The van der Waals surface area contributed by atoms with Crippen LogP contribution in [-0.4, -0.2) is 26.5 Å². The van der Waals surface area contributed by atoms with Gasteiger partial charge >= 0.3 is 0 Å². The van der Waals surface area contributed by atoms with Crippen LogP contribution in [0.2, 0.25) is 5.02 Å². The standard InChI is InChI=1S/C20H19ClN4O2S/c1-13-9-14(2)19-15(10-13)11-16(12-22)20(25-19)23-7-8-24-28(26,27)18-6-4-3-5-17(18)21/h3-6,9-11,24H,7-8H2,1-2H3,(H,23,25). The molecule has 28 heavy (non-hydrogen) atoms. The molecule has 0 aliphatic carbocycles. The minimum absolute atomic E-state index is 0.0317. The number of pyridine rings is 1. The van der Waals surface area contributed by atoms with Gasteiger partial charge in [0.2, 0.25) is 10.0 Å². The van der Waals surface area contributed by atoms with Crippen molar-refractivity contribution in [2.45, 2.75) is 18.7 Å². The quantitative estimate of drug-likeness (QED) is 0.598. The van der Waals surface area contributed by atoms with E-state index in [0.717, 1.165) is 22.0 Å². The molecule has 0 spiro atoms. The molecule has 0 aliphatic rings. The first-order chi connectivity index (χ1) is 13.3. The van der Waals surface area contributed by atoms with Gasteiger partial charge in [0.15, 0.2) is 0 Å². The summed E-state index contributed by atoms with van der Waals surface area (Å²) in [6.45, 7) is 4.35. The summed E-state index contributed by atoms with van der Waals surface area (Å²) in [5.74, 6) is 0.430. The highest BCUT2D eigenvalue weighted by molar-refractivity contribution is 7.89. The SMILES string of the molecule is Cc1cc(C)c2nc(NCCNS(=O)(=O)c3ccccc3Cl)c(C#N)cc2c1. The zero-order chi connectivity index (χ0) is 20.3. The third-order valence-corrected chi connectivity index (χ3v) is 6.17. The first-order valence-electron chi connectivity index (χ1n) is 8.62. The molecule has 2 aromatic carbocycles. The molecule has 8 heteroatoms. The van der Waals surface area contributed by atoms with Crippen LogP contribution in [0.25, 0.3) is 10.9 Å². The van der Waals surface area contributed by atoms with Crippen LogP contribution < -0.4 is 10.0 Å². The third-order valence-electron chi connectivity index (χ3n) is 4.21. The number of aryl methyl sites for hydroxylation is 2. The molecule has 0 saturated heterocycles. The Morgan fingerprint density at radius 3 is 2.61 bits per heavy atom. The monoisotopic (exact) mass is 414 g/mol. The van der Waals surface area contributed by atoms with Gasteiger partial charge < -0.3 is 5.32 Å². The molecule has 0 radical (unpaired) electrons. The number of nitrogens with one attached hydrogen (secondary N) is 2. The Hall–Kier alpha value is -2.66. The topological polar surface area (TPSA) is 94.9 Å². The molecule has 0 fully saturated rings. The van der Waals surface area contributed by atoms with Gasteiger partial charge in [-0.1, -0.05) is 35.4 Å². The Morgan fingerprint density at radius 1 is 1.14 bits per heavy atom. The molecule has 1 heterocycles. The molecule has 6 nitrogen and oxygen atoms in total. The summed E-state index contributed by atoms with van der Waals surface area (Å²) in [5.41, 5.74) is 3.34. The molecular formula is C20H19ClN4O2S. The number of hydrogen-bond acceptors (Lipinski definition) is 5. The lowest BCUT2D eigenvalue weighted by atomic mass is 10.1. The van der Waals surface area contributed by atoms with Gasteiger partial charge in [-0.05, 0) is 43.7 Å². The fraction of sp³-hybridized carbons (Fsp3) is 0.200. The van der Waals surface area contributed by atoms with Crippen molar-refractivity contribution >= 4 is 38.3 Å². The van der Waals surface area contributed by atoms with E-state index in [0.29, 0.717) is 11.4 Å². The average Bonchev–Trinajstić information content (AvgIpc) is 2.65. The molecule has 144 valence electrons. The molecule has 3 aromatic rings. The fourth-order valence-electron chi connectivity index (χ4n) is 2.98. The second kappa shape index (κ2) is 8.15. The number of aromatic nitrogens is 1. The molecular weight excluding hydrogens is 396 g/mol. The summed E-state index contributed by atoms with van der Waals surface area (Å²) in [4.78, 5) is 4.59. The molecule has 0 bridgehead atoms. The maximum atomic E-state index is 12.3. The molecule has 0 aliphatic heterocycles. The summed E-state index contributed by atoms with van der Waals surface area (Å²) in [6.07, 6.45) is 0. The minimum Gasteiger partial charge on any atom is -0.368 e. The molecule has 0 amide bonds. The number of nitriles is 1. The summed E-state index contributed by atoms with van der Waals surface area (Å²) in [6, 6.07) is 14.2. The van der Waals surface area contributed by atoms with Crippen molar-refractivity contribution in [2.75, 3.05) is 18.4 Å². The van der Waals surface area contributed by atoms with E-state index >= 15 is 0 Å². The Morgan fingerprint density at radius 2 is 1.89 bits per heavy atom. The van der Waals surface area contributed by atoms with E-state index in [2.05, 4.69) is 21.1 Å². The normalized spacial score (nSPS) is 11.4. The molecule has 1 aromatic heterocycles.